The highest BCUT2D eigenvalue weighted by molar-refractivity contribution is 6.51. The number of rotatable bonds is 2. The fourth-order valence-electron chi connectivity index (χ4n) is 2.46. The second-order valence-corrected chi connectivity index (χ2v) is 6.42. The van der Waals surface area contributed by atoms with E-state index in [2.05, 4.69) is 40.6 Å². The number of ether oxygens (including phenoxy) is 1. The molecule has 0 N–H and O–H groups in total. The van der Waals surface area contributed by atoms with Gasteiger partial charge in [0.05, 0.1) is 11.2 Å². The quantitative estimate of drug-likeness (QED) is 0.707. The van der Waals surface area contributed by atoms with E-state index in [0.29, 0.717) is 5.92 Å². The van der Waals surface area contributed by atoms with Gasteiger partial charge in [0.15, 0.2) is 0 Å². The molecule has 2 aliphatic rings. The Morgan fingerprint density at radius 1 is 1.06 bits per heavy atom. The molecular formula is C14H25BO3. The monoisotopic (exact) mass is 252 g/mol. The van der Waals surface area contributed by atoms with Gasteiger partial charge in [0.2, 0.25) is 0 Å². The van der Waals surface area contributed by atoms with E-state index in [-0.39, 0.29) is 18.3 Å². The summed E-state index contributed by atoms with van der Waals surface area (Å²) in [5.74, 6) is 2.77. The molecule has 3 nitrogen and oxygen atoms in total. The normalized spacial score (nSPS) is 28.7. The van der Waals surface area contributed by atoms with Crippen molar-refractivity contribution in [2.24, 2.45) is 5.92 Å². The third-order valence-corrected chi connectivity index (χ3v) is 4.54. The van der Waals surface area contributed by atoms with Crippen LogP contribution in [-0.2, 0) is 14.0 Å². The van der Waals surface area contributed by atoms with Crippen LogP contribution in [0.4, 0.5) is 0 Å². The molecule has 0 unspecified atom stereocenters. The average molecular weight is 252 g/mol. The maximum Gasteiger partial charge on any atom is 0.487 e. The van der Waals surface area contributed by atoms with Crippen LogP contribution in [0.25, 0.3) is 0 Å². The van der Waals surface area contributed by atoms with Crippen LogP contribution < -0.4 is 0 Å². The molecule has 0 saturated carbocycles. The molecule has 4 heteroatoms. The standard InChI is InChI=1S/C14H25BO3/c1-11(12-6-8-16-9-7-12)10-15-17-13(2,3)14(4,5)18-15/h10,12H,6-9H2,1-5H3/b11-10+. The van der Waals surface area contributed by atoms with E-state index in [9.17, 15) is 0 Å². The Morgan fingerprint density at radius 2 is 1.56 bits per heavy atom. The third kappa shape index (κ3) is 2.81. The molecule has 0 bridgehead atoms. The van der Waals surface area contributed by atoms with E-state index in [0.717, 1.165) is 26.1 Å². The largest absolute Gasteiger partial charge is 0.487 e. The molecule has 2 rings (SSSR count). The highest BCUT2D eigenvalue weighted by Crippen LogP contribution is 2.37. The first-order chi connectivity index (χ1) is 8.32. The first kappa shape index (κ1) is 14.1. The molecule has 0 atom stereocenters. The summed E-state index contributed by atoms with van der Waals surface area (Å²) < 4.78 is 17.4. The fourth-order valence-corrected chi connectivity index (χ4v) is 2.46. The molecule has 2 saturated heterocycles. The van der Waals surface area contributed by atoms with Crippen molar-refractivity contribution in [3.63, 3.8) is 0 Å². The van der Waals surface area contributed by atoms with Crippen LogP contribution in [0.2, 0.25) is 0 Å². The van der Waals surface area contributed by atoms with Gasteiger partial charge >= 0.3 is 7.12 Å². The van der Waals surface area contributed by atoms with Gasteiger partial charge in [0.25, 0.3) is 0 Å². The molecule has 0 aromatic carbocycles. The minimum atomic E-state index is -0.246. The summed E-state index contributed by atoms with van der Waals surface area (Å²) in [5.41, 5.74) is 0.880. The third-order valence-electron chi connectivity index (χ3n) is 4.54. The molecule has 2 fully saturated rings. The highest BCUT2D eigenvalue weighted by atomic mass is 16.7. The zero-order valence-electron chi connectivity index (χ0n) is 12.3. The summed E-state index contributed by atoms with van der Waals surface area (Å²) in [5, 5.41) is 0. The van der Waals surface area contributed by atoms with E-state index in [1.54, 1.807) is 0 Å². The maximum atomic E-state index is 6.00. The van der Waals surface area contributed by atoms with Gasteiger partial charge in [-0.25, -0.2) is 0 Å². The van der Waals surface area contributed by atoms with E-state index >= 15 is 0 Å². The summed E-state index contributed by atoms with van der Waals surface area (Å²) in [4.78, 5) is 0. The lowest BCUT2D eigenvalue weighted by Crippen LogP contribution is -2.41. The molecule has 0 aliphatic carbocycles. The van der Waals surface area contributed by atoms with Crippen molar-refractivity contribution in [1.82, 2.24) is 0 Å². The van der Waals surface area contributed by atoms with Crippen LogP contribution in [-0.4, -0.2) is 31.5 Å². The van der Waals surface area contributed by atoms with Gasteiger partial charge in [-0.2, -0.15) is 0 Å². The van der Waals surface area contributed by atoms with Crippen LogP contribution >= 0.6 is 0 Å². The summed E-state index contributed by atoms with van der Waals surface area (Å²) in [6, 6.07) is 0. The molecule has 2 heterocycles. The van der Waals surface area contributed by atoms with Crippen molar-refractivity contribution in [2.45, 2.75) is 58.7 Å². The first-order valence-electron chi connectivity index (χ1n) is 6.93. The molecule has 0 aromatic rings. The maximum absolute atomic E-state index is 6.00. The fraction of sp³-hybridized carbons (Fsp3) is 0.857. The molecule has 0 aromatic heterocycles. The average Bonchev–Trinajstić information content (AvgIpc) is 2.48. The lowest BCUT2D eigenvalue weighted by atomic mass is 9.81. The highest BCUT2D eigenvalue weighted by Gasteiger charge is 2.50. The van der Waals surface area contributed by atoms with Crippen LogP contribution in [0.1, 0.15) is 47.5 Å². The van der Waals surface area contributed by atoms with E-state index in [1.807, 2.05) is 0 Å². The van der Waals surface area contributed by atoms with Gasteiger partial charge < -0.3 is 14.0 Å². The lowest BCUT2D eigenvalue weighted by Gasteiger charge is -2.32. The Hall–Kier alpha value is -0.315. The molecule has 102 valence electrons. The summed E-state index contributed by atoms with van der Waals surface area (Å²) in [6.07, 6.45) is 2.23. The van der Waals surface area contributed by atoms with Gasteiger partial charge in [-0.1, -0.05) is 11.5 Å². The van der Waals surface area contributed by atoms with Gasteiger partial charge in [-0.3, -0.25) is 0 Å². The van der Waals surface area contributed by atoms with Crippen molar-refractivity contribution in [2.75, 3.05) is 13.2 Å². The number of hydrogen-bond donors (Lipinski definition) is 0. The topological polar surface area (TPSA) is 27.7 Å². The zero-order chi connectivity index (χ0) is 13.4. The smallest absolute Gasteiger partial charge is 0.400 e. The zero-order valence-corrected chi connectivity index (χ0v) is 12.3. The summed E-state index contributed by atoms with van der Waals surface area (Å²) in [6.45, 7) is 12.3. The summed E-state index contributed by atoms with van der Waals surface area (Å²) in [7, 11) is -0.210. The van der Waals surface area contributed by atoms with Crippen molar-refractivity contribution in [3.8, 4) is 0 Å². The van der Waals surface area contributed by atoms with Crippen molar-refractivity contribution < 1.29 is 14.0 Å². The molecule has 0 radical (unpaired) electrons. The molecule has 0 amide bonds. The Balaban J connectivity index is 2.01. The Bertz CT molecular complexity index is 314. The predicted octanol–water partition coefficient (Wildman–Crippen LogP) is 2.99. The minimum Gasteiger partial charge on any atom is -0.400 e. The van der Waals surface area contributed by atoms with Crippen molar-refractivity contribution in [3.05, 3.63) is 11.5 Å². The van der Waals surface area contributed by atoms with E-state index < -0.39 is 0 Å². The molecule has 18 heavy (non-hydrogen) atoms. The van der Waals surface area contributed by atoms with E-state index in [1.165, 1.54) is 5.57 Å². The van der Waals surface area contributed by atoms with Gasteiger partial charge in [0.1, 0.15) is 0 Å². The SMILES string of the molecule is C/C(=C\B1OC(C)(C)C(C)(C)O1)C1CCOCC1. The first-order valence-corrected chi connectivity index (χ1v) is 6.93. The van der Waals surface area contributed by atoms with Gasteiger partial charge in [0, 0.05) is 13.2 Å². The molecular weight excluding hydrogens is 227 g/mol. The van der Waals surface area contributed by atoms with Gasteiger partial charge in [-0.05, 0) is 53.4 Å². The number of allylic oxidation sites excluding steroid dienone is 1. The van der Waals surface area contributed by atoms with E-state index in [4.69, 9.17) is 14.0 Å². The predicted molar refractivity (Wildman–Crippen MR) is 73.4 cm³/mol. The molecule has 0 spiro atoms. The van der Waals surface area contributed by atoms with Crippen molar-refractivity contribution >= 4 is 7.12 Å². The Labute approximate surface area is 111 Å². The summed E-state index contributed by atoms with van der Waals surface area (Å²) >= 11 is 0. The Morgan fingerprint density at radius 3 is 2.06 bits per heavy atom. The second-order valence-electron chi connectivity index (χ2n) is 6.42. The van der Waals surface area contributed by atoms with Crippen molar-refractivity contribution in [1.29, 1.82) is 0 Å². The second kappa shape index (κ2) is 4.99. The molecule has 2 aliphatic heterocycles. The lowest BCUT2D eigenvalue weighted by molar-refractivity contribution is 0.00578. The van der Waals surface area contributed by atoms with Crippen LogP contribution in [0.5, 0.6) is 0 Å². The Kier molecular flexibility index (Phi) is 3.91. The van der Waals surface area contributed by atoms with Gasteiger partial charge in [-0.15, -0.1) is 0 Å². The number of hydrogen-bond acceptors (Lipinski definition) is 3. The minimum absolute atomic E-state index is 0.210. The van der Waals surface area contributed by atoms with Crippen LogP contribution in [0.15, 0.2) is 11.5 Å². The van der Waals surface area contributed by atoms with Crippen LogP contribution in [0, 0.1) is 5.92 Å². The van der Waals surface area contributed by atoms with Crippen LogP contribution in [0.3, 0.4) is 0 Å².